The Hall–Kier alpha value is -1.02. The van der Waals surface area contributed by atoms with Gasteiger partial charge in [0.2, 0.25) is 5.91 Å². The molecule has 2 nitrogen and oxygen atoms in total. The number of benzene rings is 1. The van der Waals surface area contributed by atoms with Crippen molar-refractivity contribution in [2.24, 2.45) is 11.3 Å². The average molecular weight is 238 g/mol. The van der Waals surface area contributed by atoms with Crippen LogP contribution in [0.5, 0.6) is 0 Å². The third kappa shape index (κ3) is 2.38. The van der Waals surface area contributed by atoms with E-state index in [4.69, 9.17) is 11.6 Å². The molecule has 0 saturated heterocycles. The largest absolute Gasteiger partial charge is 0.326 e. The Morgan fingerprint density at radius 2 is 2.00 bits per heavy atom. The summed E-state index contributed by atoms with van der Waals surface area (Å²) in [5.41, 5.74) is 2.09. The number of rotatable bonds is 3. The fourth-order valence-electron chi connectivity index (χ4n) is 1.82. The van der Waals surface area contributed by atoms with Crippen LogP contribution in [0.1, 0.15) is 25.8 Å². The van der Waals surface area contributed by atoms with Crippen LogP contribution in [0.25, 0.3) is 0 Å². The van der Waals surface area contributed by atoms with Gasteiger partial charge in [0.1, 0.15) is 0 Å². The second kappa shape index (κ2) is 4.10. The van der Waals surface area contributed by atoms with Gasteiger partial charge in [0, 0.05) is 17.5 Å². The number of amides is 1. The van der Waals surface area contributed by atoms with Crippen LogP contribution in [0.4, 0.5) is 5.69 Å². The van der Waals surface area contributed by atoms with E-state index in [0.717, 1.165) is 17.7 Å². The zero-order chi connectivity index (χ0) is 11.8. The van der Waals surface area contributed by atoms with Gasteiger partial charge in [-0.2, -0.15) is 0 Å². The molecule has 0 spiro atoms. The van der Waals surface area contributed by atoms with Crippen LogP contribution < -0.4 is 5.32 Å². The molecule has 0 bridgehead atoms. The summed E-state index contributed by atoms with van der Waals surface area (Å²) >= 11 is 5.70. The Bertz CT molecular complexity index is 397. The molecule has 1 amide bonds. The summed E-state index contributed by atoms with van der Waals surface area (Å²) < 4.78 is 0. The molecule has 0 heterocycles. The third-order valence-corrected chi connectivity index (χ3v) is 3.51. The maximum atomic E-state index is 11.8. The smallest absolute Gasteiger partial charge is 0.228 e. The Morgan fingerprint density at radius 1 is 1.44 bits per heavy atom. The van der Waals surface area contributed by atoms with E-state index in [0.29, 0.717) is 5.88 Å². The molecule has 1 fully saturated rings. The predicted octanol–water partition coefficient (Wildman–Crippen LogP) is 3.41. The van der Waals surface area contributed by atoms with Crippen LogP contribution in [-0.4, -0.2) is 5.91 Å². The number of hydrogen-bond acceptors (Lipinski definition) is 1. The van der Waals surface area contributed by atoms with Gasteiger partial charge in [-0.25, -0.2) is 0 Å². The summed E-state index contributed by atoms with van der Waals surface area (Å²) in [6.45, 7) is 4.24. The lowest BCUT2D eigenvalue weighted by Crippen LogP contribution is -2.16. The van der Waals surface area contributed by atoms with Crippen molar-refractivity contribution < 1.29 is 4.79 Å². The zero-order valence-electron chi connectivity index (χ0n) is 9.59. The first-order chi connectivity index (χ1) is 7.53. The van der Waals surface area contributed by atoms with Gasteiger partial charge < -0.3 is 5.32 Å². The summed E-state index contributed by atoms with van der Waals surface area (Å²) in [6, 6.07) is 7.65. The summed E-state index contributed by atoms with van der Waals surface area (Å²) in [6.07, 6.45) is 0.985. The lowest BCUT2D eigenvalue weighted by atomic mass is 10.1. The van der Waals surface area contributed by atoms with Crippen molar-refractivity contribution in [3.05, 3.63) is 29.8 Å². The van der Waals surface area contributed by atoms with Gasteiger partial charge >= 0.3 is 0 Å². The molecular weight excluding hydrogens is 222 g/mol. The molecule has 1 aromatic rings. The van der Waals surface area contributed by atoms with Crippen molar-refractivity contribution in [3.63, 3.8) is 0 Å². The first-order valence-electron chi connectivity index (χ1n) is 5.49. The van der Waals surface area contributed by atoms with Crippen LogP contribution >= 0.6 is 11.6 Å². The number of hydrogen-bond donors (Lipinski definition) is 1. The van der Waals surface area contributed by atoms with Gasteiger partial charge in [-0.1, -0.05) is 26.0 Å². The van der Waals surface area contributed by atoms with E-state index in [2.05, 4.69) is 19.2 Å². The van der Waals surface area contributed by atoms with E-state index in [1.165, 1.54) is 0 Å². The molecule has 3 heteroatoms. The molecule has 0 aliphatic heterocycles. The number of halogens is 1. The second-order valence-electron chi connectivity index (χ2n) is 5.07. The number of nitrogens with one attached hydrogen (secondary N) is 1. The van der Waals surface area contributed by atoms with Crippen molar-refractivity contribution in [2.45, 2.75) is 26.1 Å². The van der Waals surface area contributed by atoms with Crippen molar-refractivity contribution >= 4 is 23.2 Å². The van der Waals surface area contributed by atoms with Gasteiger partial charge in [-0.15, -0.1) is 11.6 Å². The lowest BCUT2D eigenvalue weighted by Gasteiger charge is -2.06. The highest BCUT2D eigenvalue weighted by atomic mass is 35.5. The van der Waals surface area contributed by atoms with E-state index < -0.39 is 0 Å². The van der Waals surface area contributed by atoms with Crippen LogP contribution in [0.2, 0.25) is 0 Å². The maximum Gasteiger partial charge on any atom is 0.228 e. The molecule has 86 valence electrons. The zero-order valence-corrected chi connectivity index (χ0v) is 10.3. The van der Waals surface area contributed by atoms with E-state index >= 15 is 0 Å². The normalized spacial score (nSPS) is 21.6. The van der Waals surface area contributed by atoms with Crippen molar-refractivity contribution in [1.82, 2.24) is 0 Å². The standard InChI is InChI=1S/C13H16ClNO/c1-13(2)7-11(13)12(16)15-10-5-3-9(8-14)4-6-10/h3-6,11H,7-8H2,1-2H3,(H,15,16). The van der Waals surface area contributed by atoms with Gasteiger partial charge in [0.25, 0.3) is 0 Å². The molecule has 1 atom stereocenters. The maximum absolute atomic E-state index is 11.8. The van der Waals surface area contributed by atoms with Gasteiger partial charge in [0.05, 0.1) is 0 Å². The quantitative estimate of drug-likeness (QED) is 0.802. The predicted molar refractivity (Wildman–Crippen MR) is 66.5 cm³/mol. The first kappa shape index (κ1) is 11.5. The highest BCUT2D eigenvalue weighted by Gasteiger charge is 2.50. The molecule has 16 heavy (non-hydrogen) atoms. The van der Waals surface area contributed by atoms with E-state index in [1.807, 2.05) is 24.3 Å². The molecule has 1 aliphatic rings. The molecule has 1 aliphatic carbocycles. The topological polar surface area (TPSA) is 29.1 Å². The van der Waals surface area contributed by atoms with Crippen LogP contribution in [0.15, 0.2) is 24.3 Å². The second-order valence-corrected chi connectivity index (χ2v) is 5.33. The lowest BCUT2D eigenvalue weighted by molar-refractivity contribution is -0.117. The molecule has 2 rings (SSSR count). The summed E-state index contributed by atoms with van der Waals surface area (Å²) in [5.74, 6) is 0.799. The fourth-order valence-corrected chi connectivity index (χ4v) is 2.00. The first-order valence-corrected chi connectivity index (χ1v) is 6.02. The van der Waals surface area contributed by atoms with Gasteiger partial charge in [-0.05, 0) is 29.5 Å². The molecule has 1 unspecified atom stereocenters. The average Bonchev–Trinajstić information content (AvgIpc) is 2.89. The summed E-state index contributed by atoms with van der Waals surface area (Å²) in [7, 11) is 0. The highest BCUT2D eigenvalue weighted by Crippen LogP contribution is 2.51. The SMILES string of the molecule is CC1(C)CC1C(=O)Nc1ccc(CCl)cc1. The Kier molecular flexibility index (Phi) is 2.94. The van der Waals surface area contributed by atoms with Gasteiger partial charge in [-0.3, -0.25) is 4.79 Å². The minimum atomic E-state index is 0.128. The third-order valence-electron chi connectivity index (χ3n) is 3.21. The molecule has 0 aromatic heterocycles. The van der Waals surface area contributed by atoms with Crippen molar-refractivity contribution in [3.8, 4) is 0 Å². The number of carbonyl (C=O) groups is 1. The Balaban J connectivity index is 1.96. The van der Waals surface area contributed by atoms with E-state index in [9.17, 15) is 4.79 Å². The summed E-state index contributed by atoms with van der Waals surface area (Å²) in [4.78, 5) is 11.8. The molecular formula is C13H16ClNO. The molecule has 1 aromatic carbocycles. The Labute approximate surface area is 101 Å². The van der Waals surface area contributed by atoms with E-state index in [1.54, 1.807) is 0 Å². The van der Waals surface area contributed by atoms with Gasteiger partial charge in [0.15, 0.2) is 0 Å². The van der Waals surface area contributed by atoms with Crippen LogP contribution in [0.3, 0.4) is 0 Å². The van der Waals surface area contributed by atoms with Crippen molar-refractivity contribution in [1.29, 1.82) is 0 Å². The van der Waals surface area contributed by atoms with Crippen molar-refractivity contribution in [2.75, 3.05) is 5.32 Å². The molecule has 1 saturated carbocycles. The Morgan fingerprint density at radius 3 is 2.44 bits per heavy atom. The van der Waals surface area contributed by atoms with Crippen LogP contribution in [0, 0.1) is 11.3 Å². The number of anilines is 1. The molecule has 0 radical (unpaired) electrons. The number of carbonyl (C=O) groups excluding carboxylic acids is 1. The summed E-state index contributed by atoms with van der Waals surface area (Å²) in [5, 5.41) is 2.93. The molecule has 1 N–H and O–H groups in total. The van der Waals surface area contributed by atoms with Crippen LogP contribution in [-0.2, 0) is 10.7 Å². The highest BCUT2D eigenvalue weighted by molar-refractivity contribution is 6.17. The minimum absolute atomic E-state index is 0.128. The monoisotopic (exact) mass is 237 g/mol. The minimum Gasteiger partial charge on any atom is -0.326 e. The van der Waals surface area contributed by atoms with E-state index in [-0.39, 0.29) is 17.2 Å². The number of alkyl halides is 1. The fraction of sp³-hybridized carbons (Fsp3) is 0.462.